The van der Waals surface area contributed by atoms with Gasteiger partial charge in [0, 0.05) is 6.07 Å². The highest BCUT2D eigenvalue weighted by Crippen LogP contribution is 2.27. The molecule has 4 rings (SSSR count). The summed E-state index contributed by atoms with van der Waals surface area (Å²) < 4.78 is 22.3. The van der Waals surface area contributed by atoms with Gasteiger partial charge in [-0.15, -0.1) is 0 Å². The summed E-state index contributed by atoms with van der Waals surface area (Å²) >= 11 is 0. The van der Waals surface area contributed by atoms with E-state index >= 15 is 0 Å². The zero-order chi connectivity index (χ0) is 23.5. The summed E-state index contributed by atoms with van der Waals surface area (Å²) in [7, 11) is 0. The Bertz CT molecular complexity index is 1380. The first kappa shape index (κ1) is 22.1. The van der Waals surface area contributed by atoms with Gasteiger partial charge in [0.15, 0.2) is 6.61 Å². The molecule has 1 heterocycles. The molecular formula is C27H24O6. The fourth-order valence-corrected chi connectivity index (χ4v) is 3.48. The number of esters is 1. The summed E-state index contributed by atoms with van der Waals surface area (Å²) in [5.41, 5.74) is 3.99. The first-order chi connectivity index (χ1) is 15.8. The molecule has 0 bridgehead atoms. The van der Waals surface area contributed by atoms with Gasteiger partial charge in [-0.05, 0) is 80.3 Å². The largest absolute Gasteiger partial charge is 0.482 e. The highest BCUT2D eigenvalue weighted by atomic mass is 16.6. The maximum atomic E-state index is 12.9. The Balaban J connectivity index is 1.48. The summed E-state index contributed by atoms with van der Waals surface area (Å²) in [4.78, 5) is 25.1. The first-order valence-corrected chi connectivity index (χ1v) is 10.5. The van der Waals surface area contributed by atoms with Gasteiger partial charge in [-0.2, -0.15) is 0 Å². The van der Waals surface area contributed by atoms with Gasteiger partial charge in [0.1, 0.15) is 29.1 Å². The maximum Gasteiger partial charge on any atom is 0.349 e. The third kappa shape index (κ3) is 5.23. The first-order valence-electron chi connectivity index (χ1n) is 10.5. The summed E-state index contributed by atoms with van der Waals surface area (Å²) in [6.07, 6.45) is 1.27. The van der Waals surface area contributed by atoms with Crippen molar-refractivity contribution >= 4 is 16.9 Å². The summed E-state index contributed by atoms with van der Waals surface area (Å²) in [6.45, 7) is 7.53. The van der Waals surface area contributed by atoms with E-state index in [1.807, 2.05) is 64.1 Å². The van der Waals surface area contributed by atoms with E-state index in [2.05, 4.69) is 0 Å². The Labute approximate surface area is 191 Å². The van der Waals surface area contributed by atoms with E-state index in [1.54, 1.807) is 6.07 Å². The number of hydrogen-bond acceptors (Lipinski definition) is 6. The van der Waals surface area contributed by atoms with Gasteiger partial charge in [0.2, 0.25) is 11.2 Å². The Hall–Kier alpha value is -4.06. The summed E-state index contributed by atoms with van der Waals surface area (Å²) in [5.74, 6) is 0.970. The molecule has 0 atom stereocenters. The van der Waals surface area contributed by atoms with Crippen molar-refractivity contribution < 1.29 is 23.4 Å². The van der Waals surface area contributed by atoms with Crippen LogP contribution >= 0.6 is 0 Å². The minimum atomic E-state index is -0.564. The van der Waals surface area contributed by atoms with Gasteiger partial charge in [-0.25, -0.2) is 4.79 Å². The number of carbonyl (C=O) groups excluding carboxylic acids is 1. The third-order valence-electron chi connectivity index (χ3n) is 5.06. The van der Waals surface area contributed by atoms with E-state index in [9.17, 15) is 9.59 Å². The molecular weight excluding hydrogens is 420 g/mol. The molecule has 168 valence electrons. The van der Waals surface area contributed by atoms with E-state index in [-0.39, 0.29) is 29.1 Å². The molecule has 0 fully saturated rings. The average Bonchev–Trinajstić information content (AvgIpc) is 2.76. The van der Waals surface area contributed by atoms with Crippen LogP contribution < -0.4 is 19.6 Å². The Morgan fingerprint density at radius 2 is 1.58 bits per heavy atom. The van der Waals surface area contributed by atoms with E-state index in [0.717, 1.165) is 22.3 Å². The normalized spacial score (nSPS) is 10.8. The SMILES string of the molecule is Cc1cc(C)cc(OCC(=O)Oc2ccc3c(=O)c(Oc4cc(C)ccc4C)coc3c2)c1. The average molecular weight is 444 g/mol. The van der Waals surface area contributed by atoms with Crippen LogP contribution in [0.25, 0.3) is 11.0 Å². The fraction of sp³-hybridized carbons (Fsp3) is 0.185. The van der Waals surface area contributed by atoms with Gasteiger partial charge in [-0.1, -0.05) is 18.2 Å². The lowest BCUT2D eigenvalue weighted by Crippen LogP contribution is -2.17. The van der Waals surface area contributed by atoms with Crippen molar-refractivity contribution in [3.05, 3.63) is 93.3 Å². The molecule has 33 heavy (non-hydrogen) atoms. The van der Waals surface area contributed by atoms with Gasteiger partial charge in [0.05, 0.1) is 5.39 Å². The number of fused-ring (bicyclic) bond motifs is 1. The van der Waals surface area contributed by atoms with Crippen LogP contribution in [0, 0.1) is 27.7 Å². The molecule has 0 N–H and O–H groups in total. The second-order valence-corrected chi connectivity index (χ2v) is 8.04. The maximum absolute atomic E-state index is 12.9. The minimum Gasteiger partial charge on any atom is -0.482 e. The van der Waals surface area contributed by atoms with Crippen LogP contribution in [-0.4, -0.2) is 12.6 Å². The molecule has 0 amide bonds. The standard InChI is InChI=1S/C27H24O6/c1-16-5-6-19(4)23(12-16)33-25-14-31-24-13-20(7-8-22(24)27(25)29)32-26(28)15-30-21-10-17(2)9-18(3)11-21/h5-14H,15H2,1-4H3. The molecule has 1 aromatic heterocycles. The number of benzene rings is 3. The van der Waals surface area contributed by atoms with Crippen LogP contribution in [0.4, 0.5) is 0 Å². The van der Waals surface area contributed by atoms with Crippen LogP contribution in [0.5, 0.6) is 23.0 Å². The molecule has 0 unspecified atom stereocenters. The highest BCUT2D eigenvalue weighted by Gasteiger charge is 2.13. The lowest BCUT2D eigenvalue weighted by Gasteiger charge is -2.10. The molecule has 0 spiro atoms. The molecule has 0 aliphatic carbocycles. The molecule has 6 heteroatoms. The molecule has 6 nitrogen and oxygen atoms in total. The molecule has 0 saturated heterocycles. The minimum absolute atomic E-state index is 0.0859. The number of carbonyl (C=O) groups is 1. The number of rotatable bonds is 6. The lowest BCUT2D eigenvalue weighted by atomic mass is 10.1. The van der Waals surface area contributed by atoms with Crippen LogP contribution in [0.1, 0.15) is 22.3 Å². The van der Waals surface area contributed by atoms with E-state index in [0.29, 0.717) is 16.9 Å². The lowest BCUT2D eigenvalue weighted by molar-refractivity contribution is -0.136. The van der Waals surface area contributed by atoms with Crippen molar-refractivity contribution in [3.8, 4) is 23.0 Å². The van der Waals surface area contributed by atoms with E-state index in [1.165, 1.54) is 18.4 Å². The van der Waals surface area contributed by atoms with Crippen molar-refractivity contribution in [1.29, 1.82) is 0 Å². The summed E-state index contributed by atoms with van der Waals surface area (Å²) in [6, 6.07) is 16.1. The topological polar surface area (TPSA) is 75.0 Å². The molecule has 0 saturated carbocycles. The smallest absolute Gasteiger partial charge is 0.349 e. The van der Waals surface area contributed by atoms with E-state index < -0.39 is 5.97 Å². The van der Waals surface area contributed by atoms with Crippen molar-refractivity contribution in [2.24, 2.45) is 0 Å². The molecule has 0 aliphatic heterocycles. The van der Waals surface area contributed by atoms with Crippen molar-refractivity contribution in [2.75, 3.05) is 6.61 Å². The number of hydrogen-bond donors (Lipinski definition) is 0. The van der Waals surface area contributed by atoms with Gasteiger partial charge < -0.3 is 18.6 Å². The fourth-order valence-electron chi connectivity index (χ4n) is 3.48. The van der Waals surface area contributed by atoms with Gasteiger partial charge in [-0.3, -0.25) is 4.79 Å². The Morgan fingerprint density at radius 1 is 0.818 bits per heavy atom. The zero-order valence-electron chi connectivity index (χ0n) is 18.9. The second-order valence-electron chi connectivity index (χ2n) is 8.04. The molecule has 4 aromatic rings. The zero-order valence-corrected chi connectivity index (χ0v) is 18.9. The van der Waals surface area contributed by atoms with Crippen molar-refractivity contribution in [1.82, 2.24) is 0 Å². The van der Waals surface area contributed by atoms with Crippen LogP contribution in [-0.2, 0) is 4.79 Å². The number of aryl methyl sites for hydroxylation is 4. The van der Waals surface area contributed by atoms with Crippen LogP contribution in [0.2, 0.25) is 0 Å². The van der Waals surface area contributed by atoms with E-state index in [4.69, 9.17) is 18.6 Å². The molecule has 0 aliphatic rings. The highest BCUT2D eigenvalue weighted by molar-refractivity contribution is 5.81. The van der Waals surface area contributed by atoms with Gasteiger partial charge >= 0.3 is 5.97 Å². The predicted octanol–water partition coefficient (Wildman–Crippen LogP) is 5.80. The Kier molecular flexibility index (Phi) is 6.18. The summed E-state index contributed by atoms with van der Waals surface area (Å²) in [5, 5.41) is 0.323. The van der Waals surface area contributed by atoms with Crippen LogP contribution in [0.3, 0.4) is 0 Å². The van der Waals surface area contributed by atoms with Gasteiger partial charge in [0.25, 0.3) is 0 Å². The Morgan fingerprint density at radius 3 is 2.33 bits per heavy atom. The monoisotopic (exact) mass is 444 g/mol. The quantitative estimate of drug-likeness (QED) is 0.276. The third-order valence-corrected chi connectivity index (χ3v) is 5.06. The number of ether oxygens (including phenoxy) is 3. The second kappa shape index (κ2) is 9.20. The van der Waals surface area contributed by atoms with Crippen molar-refractivity contribution in [2.45, 2.75) is 27.7 Å². The van der Waals surface area contributed by atoms with Crippen molar-refractivity contribution in [3.63, 3.8) is 0 Å². The van der Waals surface area contributed by atoms with Crippen LogP contribution in [0.15, 0.2) is 70.1 Å². The predicted molar refractivity (Wildman–Crippen MR) is 126 cm³/mol. The molecule has 3 aromatic carbocycles. The molecule has 0 radical (unpaired) electrons.